The summed E-state index contributed by atoms with van der Waals surface area (Å²) in [6.45, 7) is 3.25. The first-order valence-electron chi connectivity index (χ1n) is 6.26. The zero-order chi connectivity index (χ0) is 15.0. The second-order valence-corrected chi connectivity index (χ2v) is 5.14. The van der Waals surface area contributed by atoms with Crippen LogP contribution in [0.25, 0.3) is 0 Å². The topological polar surface area (TPSA) is 65.4 Å². The molecule has 0 spiro atoms. The Hall–Kier alpha value is -1.58. The maximum atomic E-state index is 12.2. The van der Waals surface area contributed by atoms with Crippen molar-refractivity contribution in [1.29, 1.82) is 5.26 Å². The van der Waals surface area contributed by atoms with Crippen LogP contribution in [0.3, 0.4) is 0 Å². The van der Waals surface area contributed by atoms with E-state index in [4.69, 9.17) is 10.00 Å². The molecule has 0 fully saturated rings. The molecule has 0 unspecified atom stereocenters. The van der Waals surface area contributed by atoms with E-state index in [1.165, 1.54) is 0 Å². The molecule has 2 amide bonds. The van der Waals surface area contributed by atoms with Gasteiger partial charge in [0.15, 0.2) is 0 Å². The zero-order valence-corrected chi connectivity index (χ0v) is 13.2. The number of ether oxygens (including phenoxy) is 1. The summed E-state index contributed by atoms with van der Waals surface area (Å²) < 4.78 is 5.97. The molecule has 0 aromatic heterocycles. The molecule has 1 rings (SSSR count). The molecule has 1 aromatic rings. The number of nitrogens with zero attached hydrogens (tertiary/aromatic N) is 2. The lowest BCUT2D eigenvalue weighted by Crippen LogP contribution is -2.38. The Kier molecular flexibility index (Phi) is 7.05. The van der Waals surface area contributed by atoms with Crippen LogP contribution in [0.2, 0.25) is 0 Å². The summed E-state index contributed by atoms with van der Waals surface area (Å²) in [7, 11) is 1.58. The highest BCUT2D eigenvalue weighted by atomic mass is 79.9. The van der Waals surface area contributed by atoms with E-state index in [1.807, 2.05) is 31.2 Å². The zero-order valence-electron chi connectivity index (χ0n) is 11.6. The number of rotatable bonds is 6. The molecule has 0 saturated heterocycles. The van der Waals surface area contributed by atoms with Gasteiger partial charge in [-0.3, -0.25) is 0 Å². The van der Waals surface area contributed by atoms with Gasteiger partial charge in [0.05, 0.1) is 19.1 Å². The van der Waals surface area contributed by atoms with Gasteiger partial charge in [0.1, 0.15) is 0 Å². The molecule has 1 aromatic carbocycles. The Balaban J connectivity index is 2.68. The van der Waals surface area contributed by atoms with Gasteiger partial charge < -0.3 is 15.0 Å². The standard InChI is InChI=1S/C14H18BrN3O2/c1-11-10-12(4-5-13(11)15)17-14(19)18(7-3-6-16)8-9-20-2/h4-5,10H,3,7-9H2,1-2H3,(H,17,19). The number of benzene rings is 1. The van der Waals surface area contributed by atoms with Gasteiger partial charge >= 0.3 is 6.03 Å². The number of methoxy groups -OCH3 is 1. The number of urea groups is 1. The van der Waals surface area contributed by atoms with Gasteiger partial charge in [-0.2, -0.15) is 5.26 Å². The maximum Gasteiger partial charge on any atom is 0.321 e. The van der Waals surface area contributed by atoms with Crippen LogP contribution in [0.5, 0.6) is 0 Å². The van der Waals surface area contributed by atoms with Crippen molar-refractivity contribution in [3.05, 3.63) is 28.2 Å². The van der Waals surface area contributed by atoms with E-state index < -0.39 is 0 Å². The first-order valence-corrected chi connectivity index (χ1v) is 7.05. The van der Waals surface area contributed by atoms with Gasteiger partial charge in [0.25, 0.3) is 0 Å². The van der Waals surface area contributed by atoms with E-state index in [0.29, 0.717) is 26.1 Å². The largest absolute Gasteiger partial charge is 0.383 e. The van der Waals surface area contributed by atoms with Crippen LogP contribution in [0.4, 0.5) is 10.5 Å². The lowest BCUT2D eigenvalue weighted by molar-refractivity contribution is 0.156. The first kappa shape index (κ1) is 16.5. The van der Waals surface area contributed by atoms with Gasteiger partial charge in [0, 0.05) is 30.4 Å². The fraction of sp³-hybridized carbons (Fsp3) is 0.429. The predicted octanol–water partition coefficient (Wildman–Crippen LogP) is 3.15. The average molecular weight is 340 g/mol. The van der Waals surface area contributed by atoms with E-state index in [1.54, 1.807) is 12.0 Å². The number of hydrogen-bond acceptors (Lipinski definition) is 3. The van der Waals surface area contributed by atoms with Crippen LogP contribution >= 0.6 is 15.9 Å². The Morgan fingerprint density at radius 3 is 2.85 bits per heavy atom. The second-order valence-electron chi connectivity index (χ2n) is 4.28. The second kappa shape index (κ2) is 8.56. The van der Waals surface area contributed by atoms with Crippen molar-refractivity contribution in [3.8, 4) is 6.07 Å². The molecule has 108 valence electrons. The molecule has 0 aliphatic carbocycles. The van der Waals surface area contributed by atoms with Crippen LogP contribution in [-0.2, 0) is 4.74 Å². The third-order valence-corrected chi connectivity index (χ3v) is 3.65. The summed E-state index contributed by atoms with van der Waals surface area (Å²) in [6, 6.07) is 7.42. The molecule has 0 aliphatic heterocycles. The van der Waals surface area contributed by atoms with Crippen molar-refractivity contribution in [2.45, 2.75) is 13.3 Å². The normalized spacial score (nSPS) is 9.90. The number of carbonyl (C=O) groups is 1. The number of anilines is 1. The summed E-state index contributed by atoms with van der Waals surface area (Å²) in [4.78, 5) is 13.7. The van der Waals surface area contributed by atoms with Gasteiger partial charge in [-0.1, -0.05) is 15.9 Å². The highest BCUT2D eigenvalue weighted by Crippen LogP contribution is 2.20. The first-order chi connectivity index (χ1) is 9.58. The molecule has 1 N–H and O–H groups in total. The van der Waals surface area contributed by atoms with Crippen molar-refractivity contribution in [2.24, 2.45) is 0 Å². The van der Waals surface area contributed by atoms with Crippen molar-refractivity contribution < 1.29 is 9.53 Å². The number of nitrogens with one attached hydrogen (secondary N) is 1. The maximum absolute atomic E-state index is 12.2. The van der Waals surface area contributed by atoms with Gasteiger partial charge in [-0.25, -0.2) is 4.79 Å². The number of carbonyl (C=O) groups excluding carboxylic acids is 1. The van der Waals surface area contributed by atoms with Crippen LogP contribution in [0, 0.1) is 18.3 Å². The monoisotopic (exact) mass is 339 g/mol. The number of hydrogen-bond donors (Lipinski definition) is 1. The highest BCUT2D eigenvalue weighted by Gasteiger charge is 2.13. The van der Waals surface area contributed by atoms with Crippen LogP contribution in [-0.4, -0.2) is 37.7 Å². The summed E-state index contributed by atoms with van der Waals surface area (Å²) in [5.74, 6) is 0. The molecular formula is C14H18BrN3O2. The van der Waals surface area contributed by atoms with Gasteiger partial charge in [-0.05, 0) is 30.7 Å². The fourth-order valence-electron chi connectivity index (χ4n) is 1.63. The lowest BCUT2D eigenvalue weighted by atomic mass is 10.2. The minimum absolute atomic E-state index is 0.223. The van der Waals surface area contributed by atoms with Crippen molar-refractivity contribution in [2.75, 3.05) is 32.1 Å². The Bertz CT molecular complexity index is 500. The quantitative estimate of drug-likeness (QED) is 0.865. The smallest absolute Gasteiger partial charge is 0.321 e. The third-order valence-electron chi connectivity index (χ3n) is 2.76. The number of aryl methyl sites for hydroxylation is 1. The molecule has 5 nitrogen and oxygen atoms in total. The Labute approximate surface area is 127 Å². The number of amides is 2. The molecule has 0 atom stereocenters. The molecule has 0 radical (unpaired) electrons. The van der Waals surface area contributed by atoms with E-state index in [-0.39, 0.29) is 6.03 Å². The van der Waals surface area contributed by atoms with Gasteiger partial charge in [0.2, 0.25) is 0 Å². The SMILES string of the molecule is COCCN(CCC#N)C(=O)Nc1ccc(Br)c(C)c1. The third kappa shape index (κ3) is 5.19. The average Bonchev–Trinajstić information content (AvgIpc) is 2.43. The summed E-state index contributed by atoms with van der Waals surface area (Å²) in [5, 5.41) is 11.5. The molecule has 20 heavy (non-hydrogen) atoms. The fourth-order valence-corrected chi connectivity index (χ4v) is 1.87. The highest BCUT2D eigenvalue weighted by molar-refractivity contribution is 9.10. The number of nitriles is 1. The van der Waals surface area contributed by atoms with Gasteiger partial charge in [-0.15, -0.1) is 0 Å². The van der Waals surface area contributed by atoms with E-state index in [2.05, 4.69) is 21.2 Å². The molecular weight excluding hydrogens is 322 g/mol. The molecule has 6 heteroatoms. The summed E-state index contributed by atoms with van der Waals surface area (Å²) in [5.41, 5.74) is 1.78. The van der Waals surface area contributed by atoms with Crippen LogP contribution in [0.1, 0.15) is 12.0 Å². The number of halogens is 1. The van der Waals surface area contributed by atoms with E-state index >= 15 is 0 Å². The minimum atomic E-state index is -0.223. The Morgan fingerprint density at radius 2 is 2.25 bits per heavy atom. The molecule has 0 aliphatic rings. The van der Waals surface area contributed by atoms with Crippen LogP contribution < -0.4 is 5.32 Å². The van der Waals surface area contributed by atoms with E-state index in [0.717, 1.165) is 15.7 Å². The summed E-state index contributed by atoms with van der Waals surface area (Å²) >= 11 is 3.42. The van der Waals surface area contributed by atoms with E-state index in [9.17, 15) is 4.79 Å². The Morgan fingerprint density at radius 1 is 1.50 bits per heavy atom. The van der Waals surface area contributed by atoms with Crippen molar-refractivity contribution >= 4 is 27.6 Å². The molecule has 0 saturated carbocycles. The minimum Gasteiger partial charge on any atom is -0.383 e. The molecule has 0 heterocycles. The summed E-state index contributed by atoms with van der Waals surface area (Å²) in [6.07, 6.45) is 0.302. The predicted molar refractivity (Wildman–Crippen MR) is 81.6 cm³/mol. The molecule has 0 bridgehead atoms. The van der Waals surface area contributed by atoms with Crippen LogP contribution in [0.15, 0.2) is 22.7 Å². The van der Waals surface area contributed by atoms with Crippen molar-refractivity contribution in [3.63, 3.8) is 0 Å². The lowest BCUT2D eigenvalue weighted by Gasteiger charge is -2.21. The van der Waals surface area contributed by atoms with Crippen molar-refractivity contribution in [1.82, 2.24) is 4.90 Å².